The van der Waals surface area contributed by atoms with Crippen LogP contribution >= 0.6 is 0 Å². The second-order valence-corrected chi connectivity index (χ2v) is 5.75. The second kappa shape index (κ2) is 3.75. The van der Waals surface area contributed by atoms with E-state index in [4.69, 9.17) is 0 Å². The molecule has 12 heavy (non-hydrogen) atoms. The molecule has 1 aliphatic heterocycles. The van der Waals surface area contributed by atoms with Crippen LogP contribution in [0, 0.1) is 5.92 Å². The molecule has 1 rings (SSSR count). The van der Waals surface area contributed by atoms with Crippen LogP contribution in [0.5, 0.6) is 0 Å². The molecule has 1 heterocycles. The standard InChI is InChI=1S/C8H16O3S/c1-2-3-8(9)7-4-5-12(10,11)6-7/h7-9H,2-6H2,1H3. The van der Waals surface area contributed by atoms with Gasteiger partial charge in [0.2, 0.25) is 0 Å². The highest BCUT2D eigenvalue weighted by Crippen LogP contribution is 2.23. The first-order valence-electron chi connectivity index (χ1n) is 4.43. The average molecular weight is 192 g/mol. The summed E-state index contributed by atoms with van der Waals surface area (Å²) in [5.41, 5.74) is 0. The third-order valence-electron chi connectivity index (χ3n) is 2.40. The third-order valence-corrected chi connectivity index (χ3v) is 4.19. The van der Waals surface area contributed by atoms with E-state index < -0.39 is 15.9 Å². The van der Waals surface area contributed by atoms with E-state index in [2.05, 4.69) is 0 Å². The van der Waals surface area contributed by atoms with Gasteiger partial charge in [0.15, 0.2) is 9.84 Å². The first-order valence-corrected chi connectivity index (χ1v) is 6.26. The summed E-state index contributed by atoms with van der Waals surface area (Å²) in [5, 5.41) is 9.52. The Kier molecular flexibility index (Phi) is 3.12. The Bertz CT molecular complexity index is 233. The maximum absolute atomic E-state index is 11.0. The molecule has 0 saturated carbocycles. The first kappa shape index (κ1) is 9.99. The first-order chi connectivity index (χ1) is 5.55. The lowest BCUT2D eigenvalue weighted by Gasteiger charge is -2.14. The molecule has 1 saturated heterocycles. The van der Waals surface area contributed by atoms with Crippen molar-refractivity contribution >= 4 is 9.84 Å². The summed E-state index contributed by atoms with van der Waals surface area (Å²) >= 11 is 0. The highest BCUT2D eigenvalue weighted by atomic mass is 32.2. The van der Waals surface area contributed by atoms with Gasteiger partial charge in [-0.3, -0.25) is 0 Å². The topological polar surface area (TPSA) is 54.4 Å². The number of sulfone groups is 1. The van der Waals surface area contributed by atoms with Gasteiger partial charge in [0, 0.05) is 0 Å². The van der Waals surface area contributed by atoms with Crippen LogP contribution in [-0.2, 0) is 9.84 Å². The van der Waals surface area contributed by atoms with Gasteiger partial charge in [-0.15, -0.1) is 0 Å². The van der Waals surface area contributed by atoms with Crippen molar-refractivity contribution in [2.45, 2.75) is 32.3 Å². The largest absolute Gasteiger partial charge is 0.393 e. The minimum Gasteiger partial charge on any atom is -0.393 e. The zero-order valence-corrected chi connectivity index (χ0v) is 8.18. The van der Waals surface area contributed by atoms with Crippen LogP contribution in [0.25, 0.3) is 0 Å². The smallest absolute Gasteiger partial charge is 0.150 e. The van der Waals surface area contributed by atoms with Crippen molar-refractivity contribution < 1.29 is 13.5 Å². The van der Waals surface area contributed by atoms with Crippen molar-refractivity contribution in [2.24, 2.45) is 5.92 Å². The molecule has 0 radical (unpaired) electrons. The highest BCUT2D eigenvalue weighted by Gasteiger charge is 2.32. The van der Waals surface area contributed by atoms with Gasteiger partial charge in [-0.2, -0.15) is 0 Å². The van der Waals surface area contributed by atoms with E-state index in [1.54, 1.807) is 0 Å². The fourth-order valence-electron chi connectivity index (χ4n) is 1.66. The monoisotopic (exact) mass is 192 g/mol. The molecule has 0 amide bonds. The molecule has 0 aromatic carbocycles. The Morgan fingerprint density at radius 2 is 2.25 bits per heavy atom. The number of hydrogen-bond acceptors (Lipinski definition) is 3. The van der Waals surface area contributed by atoms with Gasteiger partial charge in [0.1, 0.15) is 0 Å². The fourth-order valence-corrected chi connectivity index (χ4v) is 3.53. The lowest BCUT2D eigenvalue weighted by Crippen LogP contribution is -2.21. The van der Waals surface area contributed by atoms with Crippen molar-refractivity contribution in [1.29, 1.82) is 0 Å². The fraction of sp³-hybridized carbons (Fsp3) is 1.00. The summed E-state index contributed by atoms with van der Waals surface area (Å²) in [6.07, 6.45) is 1.87. The van der Waals surface area contributed by atoms with Crippen LogP contribution in [0.4, 0.5) is 0 Å². The van der Waals surface area contributed by atoms with E-state index in [0.717, 1.165) is 12.8 Å². The Morgan fingerprint density at radius 1 is 1.58 bits per heavy atom. The summed E-state index contributed by atoms with van der Waals surface area (Å²) in [6.45, 7) is 1.99. The quantitative estimate of drug-likeness (QED) is 0.711. The predicted octanol–water partition coefficient (Wildman–Crippen LogP) is 0.582. The van der Waals surface area contributed by atoms with Gasteiger partial charge in [-0.05, 0) is 18.8 Å². The molecule has 1 N–H and O–H groups in total. The van der Waals surface area contributed by atoms with E-state index in [0.29, 0.717) is 6.42 Å². The zero-order valence-electron chi connectivity index (χ0n) is 7.36. The van der Waals surface area contributed by atoms with Crippen molar-refractivity contribution in [3.8, 4) is 0 Å². The molecule has 0 bridgehead atoms. The van der Waals surface area contributed by atoms with Crippen molar-refractivity contribution in [1.82, 2.24) is 0 Å². The van der Waals surface area contributed by atoms with E-state index in [1.807, 2.05) is 6.92 Å². The molecule has 0 aromatic rings. The predicted molar refractivity (Wildman–Crippen MR) is 47.7 cm³/mol. The summed E-state index contributed by atoms with van der Waals surface area (Å²) in [6, 6.07) is 0. The minimum atomic E-state index is -2.82. The zero-order chi connectivity index (χ0) is 9.19. The number of hydrogen-bond donors (Lipinski definition) is 1. The third kappa shape index (κ3) is 2.45. The van der Waals surface area contributed by atoms with Crippen molar-refractivity contribution in [3.63, 3.8) is 0 Å². The number of rotatable bonds is 3. The van der Waals surface area contributed by atoms with Crippen molar-refractivity contribution in [3.05, 3.63) is 0 Å². The van der Waals surface area contributed by atoms with Gasteiger partial charge in [-0.25, -0.2) is 8.42 Å². The molecule has 3 nitrogen and oxygen atoms in total. The number of aliphatic hydroxyl groups excluding tert-OH is 1. The lowest BCUT2D eigenvalue weighted by atomic mass is 9.98. The summed E-state index contributed by atoms with van der Waals surface area (Å²) < 4.78 is 22.1. The average Bonchev–Trinajstić information content (AvgIpc) is 2.31. The lowest BCUT2D eigenvalue weighted by molar-refractivity contribution is 0.110. The van der Waals surface area contributed by atoms with Gasteiger partial charge in [0.25, 0.3) is 0 Å². The summed E-state index contributed by atoms with van der Waals surface area (Å²) in [4.78, 5) is 0. The van der Waals surface area contributed by atoms with E-state index in [-0.39, 0.29) is 17.4 Å². The normalized spacial score (nSPS) is 30.3. The highest BCUT2D eigenvalue weighted by molar-refractivity contribution is 7.91. The van der Waals surface area contributed by atoms with Crippen LogP contribution in [-0.4, -0.2) is 31.1 Å². The minimum absolute atomic E-state index is 0.00468. The summed E-state index contributed by atoms with van der Waals surface area (Å²) in [5.74, 6) is 0.446. The molecule has 0 aromatic heterocycles. The maximum atomic E-state index is 11.0. The molecule has 2 atom stereocenters. The van der Waals surface area contributed by atoms with Crippen LogP contribution in [0.15, 0.2) is 0 Å². The van der Waals surface area contributed by atoms with Gasteiger partial charge in [0.05, 0.1) is 17.6 Å². The Balaban J connectivity index is 2.46. The van der Waals surface area contributed by atoms with Crippen molar-refractivity contribution in [2.75, 3.05) is 11.5 Å². The van der Waals surface area contributed by atoms with E-state index >= 15 is 0 Å². The SMILES string of the molecule is CCCC(O)C1CCS(=O)(=O)C1. The maximum Gasteiger partial charge on any atom is 0.150 e. The number of aliphatic hydroxyl groups is 1. The van der Waals surface area contributed by atoms with Crippen LogP contribution in [0.3, 0.4) is 0 Å². The van der Waals surface area contributed by atoms with Crippen LogP contribution in [0.1, 0.15) is 26.2 Å². The van der Waals surface area contributed by atoms with Gasteiger partial charge >= 0.3 is 0 Å². The Labute approximate surface area is 73.7 Å². The Hall–Kier alpha value is -0.0900. The molecule has 1 fully saturated rings. The van der Waals surface area contributed by atoms with E-state index in [1.165, 1.54) is 0 Å². The van der Waals surface area contributed by atoms with Crippen LogP contribution in [0.2, 0.25) is 0 Å². The molecule has 4 heteroatoms. The molecule has 0 aliphatic carbocycles. The molecular formula is C8H16O3S. The molecular weight excluding hydrogens is 176 g/mol. The molecule has 72 valence electrons. The van der Waals surface area contributed by atoms with Gasteiger partial charge < -0.3 is 5.11 Å². The van der Waals surface area contributed by atoms with Crippen LogP contribution < -0.4 is 0 Å². The molecule has 2 unspecified atom stereocenters. The van der Waals surface area contributed by atoms with E-state index in [9.17, 15) is 13.5 Å². The molecule has 0 spiro atoms. The Morgan fingerprint density at radius 3 is 2.67 bits per heavy atom. The summed E-state index contributed by atoms with van der Waals surface area (Å²) in [7, 11) is -2.82. The van der Waals surface area contributed by atoms with Gasteiger partial charge in [-0.1, -0.05) is 13.3 Å². The molecule has 1 aliphatic rings. The second-order valence-electron chi connectivity index (χ2n) is 3.52.